The lowest BCUT2D eigenvalue weighted by Crippen LogP contribution is -2.35. The summed E-state index contributed by atoms with van der Waals surface area (Å²) >= 11 is 6.67. The van der Waals surface area contributed by atoms with Crippen molar-refractivity contribution < 1.29 is 13.2 Å². The van der Waals surface area contributed by atoms with E-state index in [4.69, 9.17) is 0 Å². The molecule has 0 atom stereocenters. The number of piperidine rings is 1. The zero-order chi connectivity index (χ0) is 18.7. The summed E-state index contributed by atoms with van der Waals surface area (Å²) in [5.41, 5.74) is 0.927. The molecule has 8 heteroatoms. The van der Waals surface area contributed by atoms with Crippen LogP contribution in [0, 0.1) is 0 Å². The summed E-state index contributed by atoms with van der Waals surface area (Å²) in [6.45, 7) is 1.03. The average Bonchev–Trinajstić information content (AvgIpc) is 2.62. The van der Waals surface area contributed by atoms with Crippen LogP contribution in [0.25, 0.3) is 0 Å². The van der Waals surface area contributed by atoms with Gasteiger partial charge in [0.15, 0.2) is 0 Å². The largest absolute Gasteiger partial charge is 0.322 e. The molecule has 0 bridgehead atoms. The molecule has 0 aromatic heterocycles. The summed E-state index contributed by atoms with van der Waals surface area (Å²) in [5.74, 6) is -0.356. The molecule has 1 aliphatic heterocycles. The molecule has 3 rings (SSSR count). The minimum Gasteiger partial charge on any atom is -0.322 e. The predicted molar refractivity (Wildman–Crippen MR) is 109 cm³/mol. The number of carbonyl (C=O) groups excluding carboxylic acids is 1. The van der Waals surface area contributed by atoms with Gasteiger partial charge in [-0.3, -0.25) is 4.79 Å². The molecule has 5 nitrogen and oxygen atoms in total. The topological polar surface area (TPSA) is 66.5 Å². The first-order valence-corrected chi connectivity index (χ1v) is 11.3. The van der Waals surface area contributed by atoms with Crippen LogP contribution >= 0.6 is 31.9 Å². The normalized spacial score (nSPS) is 15.6. The molecule has 1 amide bonds. The molecule has 2 aromatic rings. The molecule has 2 aromatic carbocycles. The highest BCUT2D eigenvalue weighted by Crippen LogP contribution is 2.28. The van der Waals surface area contributed by atoms with E-state index in [-0.39, 0.29) is 10.8 Å². The first-order chi connectivity index (χ1) is 12.4. The van der Waals surface area contributed by atoms with Gasteiger partial charge in [0.05, 0.1) is 4.90 Å². The van der Waals surface area contributed by atoms with Crippen LogP contribution in [0.1, 0.15) is 29.6 Å². The van der Waals surface area contributed by atoms with Crippen molar-refractivity contribution >= 4 is 53.5 Å². The standard InChI is InChI=1S/C18H18Br2N2O3S/c19-14-5-4-6-15(12-14)21-18(23)13-7-8-16(20)17(11-13)26(24,25)22-9-2-1-3-10-22/h4-8,11-12H,1-3,9-10H2,(H,21,23). The summed E-state index contributed by atoms with van der Waals surface area (Å²) in [4.78, 5) is 12.7. The summed E-state index contributed by atoms with van der Waals surface area (Å²) in [7, 11) is -3.63. The third-order valence-corrected chi connectivity index (χ3v) is 7.59. The van der Waals surface area contributed by atoms with Crippen molar-refractivity contribution in [2.75, 3.05) is 18.4 Å². The third-order valence-electron chi connectivity index (χ3n) is 4.21. The minimum atomic E-state index is -3.63. The van der Waals surface area contributed by atoms with E-state index in [1.165, 1.54) is 10.4 Å². The van der Waals surface area contributed by atoms with Crippen LogP contribution in [0.3, 0.4) is 0 Å². The SMILES string of the molecule is O=C(Nc1cccc(Br)c1)c1ccc(Br)c(S(=O)(=O)N2CCCCC2)c1. The number of hydrogen-bond acceptors (Lipinski definition) is 3. The van der Waals surface area contributed by atoms with Crippen LogP contribution in [-0.2, 0) is 10.0 Å². The smallest absolute Gasteiger partial charge is 0.255 e. The molecular formula is C18H18Br2N2O3S. The Kier molecular flexibility index (Phi) is 6.17. The first kappa shape index (κ1) is 19.5. The van der Waals surface area contributed by atoms with Gasteiger partial charge in [-0.05, 0) is 65.2 Å². The summed E-state index contributed by atoms with van der Waals surface area (Å²) in [6.07, 6.45) is 2.77. The number of benzene rings is 2. The highest BCUT2D eigenvalue weighted by atomic mass is 79.9. The number of carbonyl (C=O) groups is 1. The lowest BCUT2D eigenvalue weighted by molar-refractivity contribution is 0.102. The molecule has 1 heterocycles. The van der Waals surface area contributed by atoms with Crippen molar-refractivity contribution in [2.24, 2.45) is 0 Å². The van der Waals surface area contributed by atoms with Gasteiger partial charge in [0.1, 0.15) is 0 Å². The molecule has 1 N–H and O–H groups in total. The molecule has 0 unspecified atom stereocenters. The summed E-state index contributed by atoms with van der Waals surface area (Å²) < 4.78 is 28.7. The molecule has 1 aliphatic rings. The summed E-state index contributed by atoms with van der Waals surface area (Å²) in [5, 5.41) is 2.78. The van der Waals surface area contributed by atoms with Crippen LogP contribution < -0.4 is 5.32 Å². The van der Waals surface area contributed by atoms with Crippen molar-refractivity contribution in [2.45, 2.75) is 24.2 Å². The van der Waals surface area contributed by atoms with Gasteiger partial charge >= 0.3 is 0 Å². The van der Waals surface area contributed by atoms with E-state index in [2.05, 4.69) is 37.2 Å². The van der Waals surface area contributed by atoms with Gasteiger partial charge < -0.3 is 5.32 Å². The van der Waals surface area contributed by atoms with E-state index in [1.54, 1.807) is 24.3 Å². The van der Waals surface area contributed by atoms with E-state index < -0.39 is 10.0 Å². The zero-order valence-corrected chi connectivity index (χ0v) is 17.9. The van der Waals surface area contributed by atoms with Gasteiger partial charge in [-0.15, -0.1) is 0 Å². The second-order valence-corrected chi connectivity index (χ2v) is 9.75. The molecule has 0 saturated carbocycles. The quantitative estimate of drug-likeness (QED) is 0.663. The number of halogens is 2. The predicted octanol–water partition coefficient (Wildman–Crippen LogP) is 4.64. The van der Waals surface area contributed by atoms with Crippen molar-refractivity contribution in [3.63, 3.8) is 0 Å². The summed E-state index contributed by atoms with van der Waals surface area (Å²) in [6, 6.07) is 11.9. The van der Waals surface area contributed by atoms with Gasteiger partial charge in [-0.25, -0.2) is 8.42 Å². The Labute approximate surface area is 170 Å². The van der Waals surface area contributed by atoms with Crippen LogP contribution in [0.5, 0.6) is 0 Å². The van der Waals surface area contributed by atoms with Gasteiger partial charge in [0.25, 0.3) is 5.91 Å². The van der Waals surface area contributed by atoms with E-state index in [0.717, 1.165) is 23.7 Å². The highest BCUT2D eigenvalue weighted by molar-refractivity contribution is 9.10. The van der Waals surface area contributed by atoms with Crippen LogP contribution in [0.4, 0.5) is 5.69 Å². The van der Waals surface area contributed by atoms with Crippen LogP contribution in [-0.4, -0.2) is 31.7 Å². The van der Waals surface area contributed by atoms with E-state index in [9.17, 15) is 13.2 Å². The molecular weight excluding hydrogens is 484 g/mol. The maximum absolute atomic E-state index is 12.9. The Hall–Kier alpha value is -1.22. The van der Waals surface area contributed by atoms with Crippen molar-refractivity contribution in [3.8, 4) is 0 Å². The second-order valence-electron chi connectivity index (χ2n) is 6.07. The maximum Gasteiger partial charge on any atom is 0.255 e. The van der Waals surface area contributed by atoms with Crippen molar-refractivity contribution in [3.05, 3.63) is 57.0 Å². The van der Waals surface area contributed by atoms with Gasteiger partial charge in [0, 0.05) is 33.3 Å². The molecule has 26 heavy (non-hydrogen) atoms. The van der Waals surface area contributed by atoms with Crippen LogP contribution in [0.15, 0.2) is 56.3 Å². The number of rotatable bonds is 4. The number of nitrogens with one attached hydrogen (secondary N) is 1. The number of sulfonamides is 1. The van der Waals surface area contributed by atoms with Gasteiger partial charge in [0.2, 0.25) is 10.0 Å². The average molecular weight is 502 g/mol. The fraction of sp³-hybridized carbons (Fsp3) is 0.278. The Morgan fingerprint density at radius 1 is 1.00 bits per heavy atom. The Morgan fingerprint density at radius 3 is 2.42 bits per heavy atom. The first-order valence-electron chi connectivity index (χ1n) is 8.24. The van der Waals surface area contributed by atoms with Crippen molar-refractivity contribution in [1.29, 1.82) is 0 Å². The van der Waals surface area contributed by atoms with Gasteiger partial charge in [-0.1, -0.05) is 28.4 Å². The molecule has 0 aliphatic carbocycles. The monoisotopic (exact) mass is 500 g/mol. The fourth-order valence-electron chi connectivity index (χ4n) is 2.86. The highest BCUT2D eigenvalue weighted by Gasteiger charge is 2.28. The Balaban J connectivity index is 1.88. The van der Waals surface area contributed by atoms with Crippen molar-refractivity contribution in [1.82, 2.24) is 4.31 Å². The maximum atomic E-state index is 12.9. The minimum absolute atomic E-state index is 0.126. The Morgan fingerprint density at radius 2 is 1.73 bits per heavy atom. The zero-order valence-electron chi connectivity index (χ0n) is 13.9. The number of amides is 1. The van der Waals surface area contributed by atoms with E-state index in [0.29, 0.717) is 28.8 Å². The molecule has 1 fully saturated rings. The number of hydrogen-bond donors (Lipinski definition) is 1. The molecule has 1 saturated heterocycles. The number of nitrogens with zero attached hydrogens (tertiary/aromatic N) is 1. The van der Waals surface area contributed by atoms with E-state index >= 15 is 0 Å². The number of anilines is 1. The molecule has 0 radical (unpaired) electrons. The fourth-order valence-corrected chi connectivity index (χ4v) is 5.72. The third kappa shape index (κ3) is 4.36. The van der Waals surface area contributed by atoms with Crippen LogP contribution in [0.2, 0.25) is 0 Å². The van der Waals surface area contributed by atoms with Gasteiger partial charge in [-0.2, -0.15) is 4.31 Å². The lowest BCUT2D eigenvalue weighted by atomic mass is 10.2. The lowest BCUT2D eigenvalue weighted by Gasteiger charge is -2.26. The Bertz CT molecular complexity index is 926. The van der Waals surface area contributed by atoms with E-state index in [1.807, 2.05) is 12.1 Å². The molecule has 0 spiro atoms. The second kappa shape index (κ2) is 8.21. The molecule has 138 valence electrons.